The first-order valence-electron chi connectivity index (χ1n) is 14.8. The zero-order chi connectivity index (χ0) is 29.2. The number of fused-ring (bicyclic) bond motifs is 2. The van der Waals surface area contributed by atoms with Gasteiger partial charge in [0.2, 0.25) is 11.8 Å². The highest BCUT2D eigenvalue weighted by Gasteiger charge is 2.46. The second-order valence-electron chi connectivity index (χ2n) is 12.0. The van der Waals surface area contributed by atoms with Crippen molar-refractivity contribution in [3.63, 3.8) is 0 Å². The number of nitrogens with one attached hydrogen (secondary N) is 2. The summed E-state index contributed by atoms with van der Waals surface area (Å²) < 4.78 is 2.09. The highest BCUT2D eigenvalue weighted by atomic mass is 16.2. The van der Waals surface area contributed by atoms with Gasteiger partial charge in [-0.2, -0.15) is 5.10 Å². The summed E-state index contributed by atoms with van der Waals surface area (Å²) >= 11 is 0. The molecule has 0 spiro atoms. The summed E-state index contributed by atoms with van der Waals surface area (Å²) in [7, 11) is 0. The Bertz CT molecular complexity index is 1840. The summed E-state index contributed by atoms with van der Waals surface area (Å²) in [5, 5.41) is 10.7. The summed E-state index contributed by atoms with van der Waals surface area (Å²) in [5.41, 5.74) is 5.92. The Balaban J connectivity index is 0.954. The van der Waals surface area contributed by atoms with Crippen LogP contribution < -0.4 is 10.6 Å². The van der Waals surface area contributed by atoms with Gasteiger partial charge in [-0.15, -0.1) is 0 Å². The molecule has 4 heterocycles. The van der Waals surface area contributed by atoms with Gasteiger partial charge in [-0.25, -0.2) is 4.98 Å². The van der Waals surface area contributed by atoms with Crippen molar-refractivity contribution in [1.82, 2.24) is 30.0 Å². The minimum atomic E-state index is -0.981. The summed E-state index contributed by atoms with van der Waals surface area (Å²) in [6, 6.07) is 12.3. The van der Waals surface area contributed by atoms with Crippen molar-refractivity contribution in [2.45, 2.75) is 56.5 Å². The first-order valence-corrected chi connectivity index (χ1v) is 14.8. The van der Waals surface area contributed by atoms with E-state index in [1.807, 2.05) is 30.5 Å². The molecule has 2 N–H and O–H groups in total. The molecule has 4 aromatic rings. The van der Waals surface area contributed by atoms with E-state index in [4.69, 9.17) is 10.1 Å². The summed E-state index contributed by atoms with van der Waals surface area (Å²) in [5.74, 6) is -1.16. The van der Waals surface area contributed by atoms with Crippen LogP contribution in [0.15, 0.2) is 54.9 Å². The third-order valence-corrected chi connectivity index (χ3v) is 9.08. The van der Waals surface area contributed by atoms with Gasteiger partial charge < -0.3 is 5.32 Å². The number of para-hydroxylation sites is 2. The number of anilines is 1. The van der Waals surface area contributed by atoms with Crippen LogP contribution in [0.4, 0.5) is 5.69 Å². The molecule has 1 saturated heterocycles. The molecule has 2 aromatic carbocycles. The van der Waals surface area contributed by atoms with Crippen LogP contribution in [0.1, 0.15) is 76.9 Å². The Morgan fingerprint density at radius 2 is 1.72 bits per heavy atom. The van der Waals surface area contributed by atoms with E-state index in [-0.39, 0.29) is 30.0 Å². The quantitative estimate of drug-likeness (QED) is 0.317. The van der Waals surface area contributed by atoms with Crippen molar-refractivity contribution in [1.29, 1.82) is 0 Å². The summed E-state index contributed by atoms with van der Waals surface area (Å²) in [6.45, 7) is 0.645. The second kappa shape index (κ2) is 9.82. The Morgan fingerprint density at radius 3 is 2.51 bits per heavy atom. The highest BCUT2D eigenvalue weighted by Crippen LogP contribution is 2.45. The molecule has 4 aliphatic rings. The van der Waals surface area contributed by atoms with E-state index in [1.54, 1.807) is 18.2 Å². The summed E-state index contributed by atoms with van der Waals surface area (Å²) in [4.78, 5) is 61.0. The Morgan fingerprint density at radius 1 is 0.907 bits per heavy atom. The minimum Gasteiger partial charge on any atom is -0.384 e. The molecule has 4 amide bonds. The van der Waals surface area contributed by atoms with Crippen molar-refractivity contribution in [2.24, 2.45) is 5.92 Å². The van der Waals surface area contributed by atoms with Crippen LogP contribution in [0.2, 0.25) is 0 Å². The molecule has 1 unspecified atom stereocenters. The van der Waals surface area contributed by atoms with Gasteiger partial charge in [-0.05, 0) is 62.3 Å². The topological polar surface area (TPSA) is 139 Å². The Labute approximate surface area is 246 Å². The number of rotatable bonds is 7. The van der Waals surface area contributed by atoms with Gasteiger partial charge in [-0.3, -0.25) is 39.1 Å². The second-order valence-corrected chi connectivity index (χ2v) is 12.0. The molecule has 1 atom stereocenters. The molecule has 2 aliphatic carbocycles. The smallest absolute Gasteiger partial charge is 0.264 e. The number of hydrogen-bond donors (Lipinski definition) is 2. The van der Waals surface area contributed by atoms with Crippen LogP contribution in [-0.2, 0) is 9.59 Å². The SMILES string of the molecule is O=C1CCC(N2C(=O)c3cccc(NCC4CC(n5cc(-c6cnc7ccccc7n6)c(C6CC6)n5)C4)c3C2=O)C(=O)N1. The van der Waals surface area contributed by atoms with Crippen molar-refractivity contribution < 1.29 is 19.2 Å². The molecule has 3 fully saturated rings. The van der Waals surface area contributed by atoms with Gasteiger partial charge >= 0.3 is 0 Å². The number of carbonyl (C=O) groups is 4. The third-order valence-electron chi connectivity index (χ3n) is 9.08. The molecule has 0 bridgehead atoms. The van der Waals surface area contributed by atoms with Crippen LogP contribution in [0, 0.1) is 5.92 Å². The molecule has 0 radical (unpaired) electrons. The molecule has 43 heavy (non-hydrogen) atoms. The highest BCUT2D eigenvalue weighted by molar-refractivity contribution is 6.25. The fourth-order valence-electron chi connectivity index (χ4n) is 6.53. The van der Waals surface area contributed by atoms with Crippen molar-refractivity contribution in [3.8, 4) is 11.3 Å². The Hall–Kier alpha value is -4.93. The van der Waals surface area contributed by atoms with Gasteiger partial charge in [0.05, 0.1) is 45.8 Å². The lowest BCUT2D eigenvalue weighted by Gasteiger charge is -2.35. The van der Waals surface area contributed by atoms with E-state index in [9.17, 15) is 19.2 Å². The van der Waals surface area contributed by atoms with Crippen LogP contribution in [-0.4, -0.2) is 60.9 Å². The maximum absolute atomic E-state index is 13.4. The zero-order valence-electron chi connectivity index (χ0n) is 23.3. The number of piperidine rings is 1. The number of aromatic nitrogens is 4. The molecule has 216 valence electrons. The molecular formula is C32H29N7O4. The average Bonchev–Trinajstić information content (AvgIpc) is 3.69. The van der Waals surface area contributed by atoms with E-state index in [2.05, 4.69) is 26.5 Å². The number of benzene rings is 2. The number of amides is 4. The van der Waals surface area contributed by atoms with Crippen LogP contribution in [0.5, 0.6) is 0 Å². The molecule has 2 aliphatic heterocycles. The van der Waals surface area contributed by atoms with Crippen molar-refractivity contribution in [3.05, 3.63) is 71.7 Å². The fourth-order valence-corrected chi connectivity index (χ4v) is 6.53. The van der Waals surface area contributed by atoms with Crippen LogP contribution in [0.3, 0.4) is 0 Å². The molecule has 2 saturated carbocycles. The maximum atomic E-state index is 13.4. The van der Waals surface area contributed by atoms with Crippen LogP contribution in [0.25, 0.3) is 22.3 Å². The van der Waals surface area contributed by atoms with Gasteiger partial charge in [0.25, 0.3) is 11.8 Å². The molecule has 11 nitrogen and oxygen atoms in total. The van der Waals surface area contributed by atoms with E-state index >= 15 is 0 Å². The van der Waals surface area contributed by atoms with Crippen LogP contribution >= 0.6 is 0 Å². The van der Waals surface area contributed by atoms with Crippen molar-refractivity contribution in [2.75, 3.05) is 11.9 Å². The average molecular weight is 576 g/mol. The van der Waals surface area contributed by atoms with E-state index in [1.165, 1.54) is 0 Å². The number of carbonyl (C=O) groups excluding carboxylic acids is 4. The van der Waals surface area contributed by atoms with Gasteiger partial charge in [0, 0.05) is 36.3 Å². The predicted octanol–water partition coefficient (Wildman–Crippen LogP) is 3.84. The van der Waals surface area contributed by atoms with Gasteiger partial charge in [-0.1, -0.05) is 18.2 Å². The third kappa shape index (κ3) is 4.38. The van der Waals surface area contributed by atoms with Crippen molar-refractivity contribution >= 4 is 40.3 Å². The lowest BCUT2D eigenvalue weighted by molar-refractivity contribution is -0.136. The lowest BCUT2D eigenvalue weighted by Crippen LogP contribution is -2.54. The number of imide groups is 2. The first-order chi connectivity index (χ1) is 20.9. The maximum Gasteiger partial charge on any atom is 0.264 e. The van der Waals surface area contributed by atoms with Gasteiger partial charge in [0.1, 0.15) is 6.04 Å². The number of hydrogen-bond acceptors (Lipinski definition) is 8. The number of nitrogens with zero attached hydrogens (tertiary/aromatic N) is 5. The minimum absolute atomic E-state index is 0.0906. The first kappa shape index (κ1) is 25.8. The molecule has 2 aromatic heterocycles. The molecule has 11 heteroatoms. The lowest BCUT2D eigenvalue weighted by atomic mass is 9.80. The standard InChI is InChI=1S/C32H29N7O4/c40-27-11-10-26(30(41)36-27)39-31(42)20-4-3-7-24(28(20)32(39)43)33-14-17-12-19(13-17)38-16-21(29(37-38)18-8-9-18)25-15-34-22-5-1-2-6-23(22)35-25/h1-7,15-19,26,33H,8-14H2,(H,36,40,41). The van der Waals surface area contributed by atoms with E-state index < -0.39 is 29.7 Å². The van der Waals surface area contributed by atoms with E-state index in [0.717, 1.165) is 58.6 Å². The molecular weight excluding hydrogens is 546 g/mol. The predicted molar refractivity (Wildman–Crippen MR) is 156 cm³/mol. The van der Waals surface area contributed by atoms with E-state index in [0.29, 0.717) is 24.1 Å². The fraction of sp³-hybridized carbons (Fsp3) is 0.344. The van der Waals surface area contributed by atoms with Gasteiger partial charge in [0.15, 0.2) is 0 Å². The monoisotopic (exact) mass is 575 g/mol. The normalized spacial score (nSPS) is 23.3. The Kier molecular flexibility index (Phi) is 5.88. The molecule has 8 rings (SSSR count). The zero-order valence-corrected chi connectivity index (χ0v) is 23.3. The summed E-state index contributed by atoms with van der Waals surface area (Å²) in [6.07, 6.45) is 8.35. The largest absolute Gasteiger partial charge is 0.384 e.